The van der Waals surface area contributed by atoms with Crippen LogP contribution in [0.5, 0.6) is 0 Å². The Kier molecular flexibility index (Phi) is 5.23. The van der Waals surface area contributed by atoms with Gasteiger partial charge in [-0.15, -0.1) is 0 Å². The van der Waals surface area contributed by atoms with E-state index in [0.29, 0.717) is 25.3 Å². The van der Waals surface area contributed by atoms with Gasteiger partial charge in [-0.3, -0.25) is 4.79 Å². The number of nitrogens with zero attached hydrogens (tertiary/aromatic N) is 1. The fourth-order valence-corrected chi connectivity index (χ4v) is 2.43. The molecule has 2 aromatic carbocycles. The number of benzene rings is 2. The molecule has 0 saturated heterocycles. The van der Waals surface area contributed by atoms with Gasteiger partial charge >= 0.3 is 0 Å². The molecule has 0 unspecified atom stereocenters. The van der Waals surface area contributed by atoms with E-state index in [-0.39, 0.29) is 11.7 Å². The van der Waals surface area contributed by atoms with E-state index >= 15 is 0 Å². The summed E-state index contributed by atoms with van der Waals surface area (Å²) in [4.78, 5) is 16.3. The Morgan fingerprint density at radius 2 is 1.84 bits per heavy atom. The fourth-order valence-electron chi connectivity index (χ4n) is 2.43. The van der Waals surface area contributed by atoms with E-state index in [0.717, 1.165) is 16.8 Å². The molecule has 0 radical (unpaired) electrons. The summed E-state index contributed by atoms with van der Waals surface area (Å²) in [5.74, 6) is 0.124. The van der Waals surface area contributed by atoms with E-state index in [1.807, 2.05) is 31.2 Å². The van der Waals surface area contributed by atoms with Gasteiger partial charge in [0.1, 0.15) is 12.1 Å². The summed E-state index contributed by atoms with van der Waals surface area (Å²) in [6.45, 7) is 2.50. The molecule has 1 amide bonds. The highest BCUT2D eigenvalue weighted by molar-refractivity contribution is 5.78. The zero-order valence-corrected chi connectivity index (χ0v) is 14.0. The van der Waals surface area contributed by atoms with Crippen molar-refractivity contribution in [3.05, 3.63) is 77.4 Å². The van der Waals surface area contributed by atoms with E-state index in [1.54, 1.807) is 18.4 Å². The number of rotatable bonds is 6. The van der Waals surface area contributed by atoms with Crippen molar-refractivity contribution in [3.63, 3.8) is 0 Å². The molecule has 0 atom stereocenters. The van der Waals surface area contributed by atoms with Gasteiger partial charge < -0.3 is 9.73 Å². The van der Waals surface area contributed by atoms with Gasteiger partial charge in [0.15, 0.2) is 0 Å². The summed E-state index contributed by atoms with van der Waals surface area (Å²) in [6, 6.07) is 13.9. The van der Waals surface area contributed by atoms with Crippen LogP contribution in [0.3, 0.4) is 0 Å². The quantitative estimate of drug-likeness (QED) is 0.746. The van der Waals surface area contributed by atoms with Gasteiger partial charge in [0.05, 0.1) is 12.1 Å². The molecule has 4 nitrogen and oxygen atoms in total. The van der Waals surface area contributed by atoms with Gasteiger partial charge in [0, 0.05) is 18.5 Å². The average molecular weight is 338 g/mol. The summed E-state index contributed by atoms with van der Waals surface area (Å²) >= 11 is 0. The van der Waals surface area contributed by atoms with E-state index < -0.39 is 0 Å². The SMILES string of the molecule is Cc1ccc(CC(=O)NCCc2coc(-c3ccc(F)cc3)n2)cc1. The Morgan fingerprint density at radius 1 is 1.12 bits per heavy atom. The van der Waals surface area contributed by atoms with Gasteiger partial charge in [0.25, 0.3) is 0 Å². The van der Waals surface area contributed by atoms with Crippen LogP contribution >= 0.6 is 0 Å². The Labute approximate surface area is 145 Å². The fraction of sp³-hybridized carbons (Fsp3) is 0.200. The van der Waals surface area contributed by atoms with Gasteiger partial charge in [-0.25, -0.2) is 9.37 Å². The topological polar surface area (TPSA) is 55.1 Å². The van der Waals surface area contributed by atoms with Crippen LogP contribution in [0.2, 0.25) is 0 Å². The molecule has 1 aromatic heterocycles. The second-order valence-electron chi connectivity index (χ2n) is 5.91. The maximum atomic E-state index is 12.9. The van der Waals surface area contributed by atoms with Crippen molar-refractivity contribution in [2.75, 3.05) is 6.54 Å². The van der Waals surface area contributed by atoms with Gasteiger partial charge in [-0.1, -0.05) is 29.8 Å². The van der Waals surface area contributed by atoms with Gasteiger partial charge in [0.2, 0.25) is 11.8 Å². The predicted octanol–water partition coefficient (Wildman–Crippen LogP) is 3.69. The molecule has 0 saturated carbocycles. The highest BCUT2D eigenvalue weighted by atomic mass is 19.1. The van der Waals surface area contributed by atoms with E-state index in [2.05, 4.69) is 10.3 Å². The van der Waals surface area contributed by atoms with Crippen molar-refractivity contribution in [2.45, 2.75) is 19.8 Å². The number of hydrogen-bond acceptors (Lipinski definition) is 3. The smallest absolute Gasteiger partial charge is 0.226 e. The number of carbonyl (C=O) groups is 1. The standard InChI is InChI=1S/C20H19FN2O2/c1-14-2-4-15(5-3-14)12-19(24)22-11-10-18-13-25-20(23-18)16-6-8-17(21)9-7-16/h2-9,13H,10-12H2,1H3,(H,22,24). The molecule has 0 spiro atoms. The molecular formula is C20H19FN2O2. The largest absolute Gasteiger partial charge is 0.444 e. The first-order valence-corrected chi connectivity index (χ1v) is 8.13. The maximum absolute atomic E-state index is 12.9. The summed E-state index contributed by atoms with van der Waals surface area (Å²) in [5.41, 5.74) is 3.63. The van der Waals surface area contributed by atoms with Crippen molar-refractivity contribution in [3.8, 4) is 11.5 Å². The van der Waals surface area contributed by atoms with Crippen LogP contribution < -0.4 is 5.32 Å². The van der Waals surface area contributed by atoms with Gasteiger partial charge in [-0.05, 0) is 36.8 Å². The van der Waals surface area contributed by atoms with Crippen molar-refractivity contribution < 1.29 is 13.6 Å². The molecule has 0 aliphatic rings. The van der Waals surface area contributed by atoms with E-state index in [1.165, 1.54) is 17.7 Å². The van der Waals surface area contributed by atoms with Crippen molar-refractivity contribution in [1.29, 1.82) is 0 Å². The Hall–Kier alpha value is -2.95. The summed E-state index contributed by atoms with van der Waals surface area (Å²) in [6.07, 6.45) is 2.50. The first kappa shape index (κ1) is 16.9. The number of amides is 1. The number of carbonyl (C=O) groups excluding carboxylic acids is 1. The first-order valence-electron chi connectivity index (χ1n) is 8.13. The van der Waals surface area contributed by atoms with Crippen LogP contribution in [0.15, 0.2) is 59.2 Å². The lowest BCUT2D eigenvalue weighted by Crippen LogP contribution is -2.27. The Balaban J connectivity index is 1.48. The van der Waals surface area contributed by atoms with Crippen LogP contribution in [-0.4, -0.2) is 17.4 Å². The Bertz CT molecular complexity index is 839. The molecule has 128 valence electrons. The number of halogens is 1. The third-order valence-electron chi connectivity index (χ3n) is 3.83. The minimum absolute atomic E-state index is 0.0221. The number of hydrogen-bond donors (Lipinski definition) is 1. The predicted molar refractivity (Wildman–Crippen MR) is 93.5 cm³/mol. The lowest BCUT2D eigenvalue weighted by atomic mass is 10.1. The molecule has 3 aromatic rings. The molecule has 0 aliphatic heterocycles. The molecule has 1 heterocycles. The molecule has 5 heteroatoms. The molecule has 0 aliphatic carbocycles. The van der Waals surface area contributed by atoms with Crippen LogP contribution in [0.1, 0.15) is 16.8 Å². The number of aromatic nitrogens is 1. The lowest BCUT2D eigenvalue weighted by Gasteiger charge is -2.04. The van der Waals surface area contributed by atoms with Crippen molar-refractivity contribution in [2.24, 2.45) is 0 Å². The van der Waals surface area contributed by atoms with Crippen LogP contribution in [0.25, 0.3) is 11.5 Å². The molecule has 25 heavy (non-hydrogen) atoms. The van der Waals surface area contributed by atoms with Crippen LogP contribution in [0, 0.1) is 12.7 Å². The average Bonchev–Trinajstić information content (AvgIpc) is 3.06. The van der Waals surface area contributed by atoms with Crippen LogP contribution in [-0.2, 0) is 17.6 Å². The number of nitrogens with one attached hydrogen (secondary N) is 1. The molecule has 3 rings (SSSR count). The van der Waals surface area contributed by atoms with Crippen molar-refractivity contribution in [1.82, 2.24) is 10.3 Å². The van der Waals surface area contributed by atoms with Gasteiger partial charge in [-0.2, -0.15) is 0 Å². The van der Waals surface area contributed by atoms with Crippen LogP contribution in [0.4, 0.5) is 4.39 Å². The third kappa shape index (κ3) is 4.76. The first-order chi connectivity index (χ1) is 12.1. The minimum Gasteiger partial charge on any atom is -0.444 e. The Morgan fingerprint density at radius 3 is 2.56 bits per heavy atom. The summed E-state index contributed by atoms with van der Waals surface area (Å²) in [5, 5.41) is 2.88. The molecule has 1 N–H and O–H groups in total. The molecule has 0 fully saturated rings. The highest BCUT2D eigenvalue weighted by Gasteiger charge is 2.08. The lowest BCUT2D eigenvalue weighted by molar-refractivity contribution is -0.120. The molecular weight excluding hydrogens is 319 g/mol. The third-order valence-corrected chi connectivity index (χ3v) is 3.83. The number of oxazole rings is 1. The zero-order valence-electron chi connectivity index (χ0n) is 14.0. The monoisotopic (exact) mass is 338 g/mol. The maximum Gasteiger partial charge on any atom is 0.226 e. The summed E-state index contributed by atoms with van der Waals surface area (Å²) in [7, 11) is 0. The van der Waals surface area contributed by atoms with E-state index in [9.17, 15) is 9.18 Å². The van der Waals surface area contributed by atoms with Crippen molar-refractivity contribution >= 4 is 5.91 Å². The highest BCUT2D eigenvalue weighted by Crippen LogP contribution is 2.19. The zero-order chi connectivity index (χ0) is 17.6. The van der Waals surface area contributed by atoms with E-state index in [4.69, 9.17) is 4.42 Å². The number of aryl methyl sites for hydroxylation is 1. The second kappa shape index (κ2) is 7.75. The minimum atomic E-state index is -0.299. The summed E-state index contributed by atoms with van der Waals surface area (Å²) < 4.78 is 18.3. The normalized spacial score (nSPS) is 10.6. The second-order valence-corrected chi connectivity index (χ2v) is 5.91. The molecule has 0 bridgehead atoms.